The van der Waals surface area contributed by atoms with E-state index in [1.807, 2.05) is 13.0 Å². The first-order valence-electron chi connectivity index (χ1n) is 2.87. The summed E-state index contributed by atoms with van der Waals surface area (Å²) < 4.78 is 0. The van der Waals surface area contributed by atoms with Crippen LogP contribution in [0.4, 0.5) is 0 Å². The Balaban J connectivity index is 3.47. The second kappa shape index (κ2) is 5.15. The van der Waals surface area contributed by atoms with Crippen LogP contribution in [0.15, 0.2) is 11.1 Å². The fraction of sp³-hybridized carbons (Fsp3) is 0.667. The monoisotopic (exact) mass is 165 g/mol. The predicted octanol–water partition coefficient (Wildman–Crippen LogP) is 1.78. The SMILES string of the molecule is C/C=C(/Cl)C[C@@H](N)CS. The van der Waals surface area contributed by atoms with Crippen LogP contribution in [0, 0.1) is 0 Å². The van der Waals surface area contributed by atoms with Gasteiger partial charge in [-0.25, -0.2) is 0 Å². The molecular formula is C6H12ClNS. The van der Waals surface area contributed by atoms with Crippen molar-refractivity contribution in [3.8, 4) is 0 Å². The summed E-state index contributed by atoms with van der Waals surface area (Å²) in [7, 11) is 0. The Labute approximate surface area is 66.7 Å². The Bertz CT molecular complexity index is 103. The third-order valence-corrected chi connectivity index (χ3v) is 1.85. The van der Waals surface area contributed by atoms with Crippen molar-refractivity contribution < 1.29 is 0 Å². The van der Waals surface area contributed by atoms with Gasteiger partial charge in [-0.15, -0.1) is 0 Å². The molecule has 0 aliphatic heterocycles. The second-order valence-corrected chi connectivity index (χ2v) is 2.73. The van der Waals surface area contributed by atoms with E-state index in [-0.39, 0.29) is 6.04 Å². The van der Waals surface area contributed by atoms with Crippen molar-refractivity contribution in [1.29, 1.82) is 0 Å². The maximum Gasteiger partial charge on any atom is 0.0177 e. The molecule has 1 nitrogen and oxygen atoms in total. The van der Waals surface area contributed by atoms with Gasteiger partial charge in [0, 0.05) is 16.8 Å². The topological polar surface area (TPSA) is 26.0 Å². The highest BCUT2D eigenvalue weighted by Crippen LogP contribution is 2.08. The van der Waals surface area contributed by atoms with E-state index in [4.69, 9.17) is 17.3 Å². The van der Waals surface area contributed by atoms with Crippen molar-refractivity contribution in [3.63, 3.8) is 0 Å². The minimum atomic E-state index is 0.0945. The molecule has 0 saturated carbocycles. The van der Waals surface area contributed by atoms with E-state index < -0.39 is 0 Å². The minimum Gasteiger partial charge on any atom is -0.327 e. The summed E-state index contributed by atoms with van der Waals surface area (Å²) in [5.41, 5.74) is 5.55. The zero-order chi connectivity index (χ0) is 7.28. The Hall–Kier alpha value is 0.340. The van der Waals surface area contributed by atoms with Crippen LogP contribution >= 0.6 is 24.2 Å². The molecule has 1 atom stereocenters. The molecule has 0 aromatic carbocycles. The van der Waals surface area contributed by atoms with E-state index in [9.17, 15) is 0 Å². The maximum absolute atomic E-state index is 5.69. The molecule has 3 heteroatoms. The van der Waals surface area contributed by atoms with Crippen molar-refractivity contribution >= 4 is 24.2 Å². The molecule has 0 fully saturated rings. The molecule has 2 N–H and O–H groups in total. The molecule has 0 aromatic heterocycles. The zero-order valence-corrected chi connectivity index (χ0v) is 7.12. The molecule has 0 saturated heterocycles. The lowest BCUT2D eigenvalue weighted by Crippen LogP contribution is -2.21. The number of halogens is 1. The summed E-state index contributed by atoms with van der Waals surface area (Å²) >= 11 is 9.70. The Morgan fingerprint density at radius 3 is 2.78 bits per heavy atom. The van der Waals surface area contributed by atoms with Crippen LogP contribution in [0.1, 0.15) is 13.3 Å². The van der Waals surface area contributed by atoms with E-state index in [1.165, 1.54) is 0 Å². The molecule has 0 spiro atoms. The van der Waals surface area contributed by atoms with Gasteiger partial charge in [-0.1, -0.05) is 17.7 Å². The molecule has 54 valence electrons. The number of rotatable bonds is 3. The first-order valence-corrected chi connectivity index (χ1v) is 3.89. The summed E-state index contributed by atoms with van der Waals surface area (Å²) in [4.78, 5) is 0. The van der Waals surface area contributed by atoms with E-state index in [2.05, 4.69) is 12.6 Å². The zero-order valence-electron chi connectivity index (χ0n) is 5.47. The first kappa shape index (κ1) is 9.34. The Morgan fingerprint density at radius 1 is 1.89 bits per heavy atom. The molecule has 0 aliphatic carbocycles. The third-order valence-electron chi connectivity index (χ3n) is 1.00. The highest BCUT2D eigenvalue weighted by Gasteiger charge is 1.99. The summed E-state index contributed by atoms with van der Waals surface area (Å²) in [5, 5.41) is 0.816. The van der Waals surface area contributed by atoms with Crippen molar-refractivity contribution in [2.75, 3.05) is 5.75 Å². The normalized spacial score (nSPS) is 15.8. The van der Waals surface area contributed by atoms with Crippen molar-refractivity contribution in [2.45, 2.75) is 19.4 Å². The molecule has 0 aliphatic rings. The molecule has 0 aromatic rings. The molecule has 0 amide bonds. The van der Waals surface area contributed by atoms with Crippen LogP contribution in [0.5, 0.6) is 0 Å². The number of thiol groups is 1. The molecule has 9 heavy (non-hydrogen) atoms. The third kappa shape index (κ3) is 4.82. The van der Waals surface area contributed by atoms with Crippen molar-refractivity contribution in [1.82, 2.24) is 0 Å². The van der Waals surface area contributed by atoms with Gasteiger partial charge in [0.05, 0.1) is 0 Å². The second-order valence-electron chi connectivity index (χ2n) is 1.88. The van der Waals surface area contributed by atoms with Gasteiger partial charge in [-0.3, -0.25) is 0 Å². The van der Waals surface area contributed by atoms with Crippen LogP contribution in [-0.4, -0.2) is 11.8 Å². The van der Waals surface area contributed by atoms with E-state index in [0.29, 0.717) is 5.75 Å². The fourth-order valence-corrected chi connectivity index (χ4v) is 0.760. The summed E-state index contributed by atoms with van der Waals surface area (Å²) in [6.45, 7) is 1.90. The summed E-state index contributed by atoms with van der Waals surface area (Å²) in [6, 6.07) is 0.0945. The standard InChI is InChI=1S/C6H12ClNS/c1-2-5(7)3-6(8)4-9/h2,6,9H,3-4,8H2,1H3/b5-2+/t6-/m1/s1. The predicted molar refractivity (Wildman–Crippen MR) is 46.1 cm³/mol. The lowest BCUT2D eigenvalue weighted by atomic mass is 10.2. The van der Waals surface area contributed by atoms with Crippen molar-refractivity contribution in [2.24, 2.45) is 5.73 Å². The highest BCUT2D eigenvalue weighted by molar-refractivity contribution is 7.80. The minimum absolute atomic E-state index is 0.0945. The van der Waals surface area contributed by atoms with Gasteiger partial charge in [0.1, 0.15) is 0 Å². The van der Waals surface area contributed by atoms with Gasteiger partial charge in [0.2, 0.25) is 0 Å². The van der Waals surface area contributed by atoms with Gasteiger partial charge in [0.15, 0.2) is 0 Å². The van der Waals surface area contributed by atoms with Gasteiger partial charge >= 0.3 is 0 Å². The van der Waals surface area contributed by atoms with Gasteiger partial charge < -0.3 is 5.73 Å². The largest absolute Gasteiger partial charge is 0.327 e. The molecule has 0 heterocycles. The van der Waals surface area contributed by atoms with Crippen LogP contribution in [0.2, 0.25) is 0 Å². The lowest BCUT2D eigenvalue weighted by Gasteiger charge is -2.04. The highest BCUT2D eigenvalue weighted by atomic mass is 35.5. The molecule has 0 bridgehead atoms. The van der Waals surface area contributed by atoms with E-state index in [0.717, 1.165) is 11.5 Å². The quantitative estimate of drug-likeness (QED) is 0.613. The van der Waals surface area contributed by atoms with Gasteiger partial charge in [0.25, 0.3) is 0 Å². The first-order chi connectivity index (χ1) is 4.20. The van der Waals surface area contributed by atoms with Crippen LogP contribution in [0.3, 0.4) is 0 Å². The van der Waals surface area contributed by atoms with E-state index >= 15 is 0 Å². The van der Waals surface area contributed by atoms with Gasteiger partial charge in [-0.2, -0.15) is 12.6 Å². The number of nitrogens with two attached hydrogens (primary N) is 1. The van der Waals surface area contributed by atoms with Crippen LogP contribution < -0.4 is 5.73 Å². The molecule has 0 radical (unpaired) electrons. The van der Waals surface area contributed by atoms with E-state index in [1.54, 1.807) is 0 Å². The number of hydrogen-bond donors (Lipinski definition) is 2. The fourth-order valence-electron chi connectivity index (χ4n) is 0.433. The lowest BCUT2D eigenvalue weighted by molar-refractivity contribution is 0.762. The van der Waals surface area contributed by atoms with Crippen LogP contribution in [0.25, 0.3) is 0 Å². The Kier molecular flexibility index (Phi) is 5.35. The smallest absolute Gasteiger partial charge is 0.0177 e. The molecule has 0 unspecified atom stereocenters. The summed E-state index contributed by atoms with van der Waals surface area (Å²) in [5.74, 6) is 0.685. The molecule has 0 rings (SSSR count). The van der Waals surface area contributed by atoms with Crippen LogP contribution in [-0.2, 0) is 0 Å². The maximum atomic E-state index is 5.69. The number of hydrogen-bond acceptors (Lipinski definition) is 2. The molecular weight excluding hydrogens is 154 g/mol. The summed E-state index contributed by atoms with van der Waals surface area (Å²) in [6.07, 6.45) is 2.59. The average Bonchev–Trinajstić information content (AvgIpc) is 1.87. The van der Waals surface area contributed by atoms with Gasteiger partial charge in [-0.05, 0) is 13.3 Å². The number of allylic oxidation sites excluding steroid dienone is 1. The Morgan fingerprint density at radius 2 is 2.44 bits per heavy atom. The average molecular weight is 166 g/mol. The van der Waals surface area contributed by atoms with Crippen molar-refractivity contribution in [3.05, 3.63) is 11.1 Å².